The lowest BCUT2D eigenvalue weighted by atomic mass is 9.76. The van der Waals surface area contributed by atoms with Gasteiger partial charge in [-0.1, -0.05) is 12.8 Å². The Morgan fingerprint density at radius 1 is 1.35 bits per heavy atom. The topological polar surface area (TPSA) is 66.8 Å². The molecule has 1 atom stereocenters. The van der Waals surface area contributed by atoms with Gasteiger partial charge in [0.25, 0.3) is 0 Å². The van der Waals surface area contributed by atoms with E-state index in [2.05, 4.69) is 0 Å². The van der Waals surface area contributed by atoms with E-state index >= 15 is 0 Å². The number of ether oxygens (including phenoxy) is 1. The molecule has 0 unspecified atom stereocenters. The summed E-state index contributed by atoms with van der Waals surface area (Å²) in [5.41, 5.74) is -1.31. The van der Waals surface area contributed by atoms with Gasteiger partial charge in [-0.2, -0.15) is 0 Å². The van der Waals surface area contributed by atoms with Gasteiger partial charge < -0.3 is 14.7 Å². The first-order chi connectivity index (χ1) is 9.22. The molecule has 0 aromatic rings. The molecule has 5 nitrogen and oxygen atoms in total. The van der Waals surface area contributed by atoms with Crippen LogP contribution in [0.25, 0.3) is 0 Å². The minimum atomic E-state index is -0.768. The molecule has 20 heavy (non-hydrogen) atoms. The van der Waals surface area contributed by atoms with Gasteiger partial charge in [-0.05, 0) is 46.0 Å². The monoisotopic (exact) mass is 283 g/mol. The van der Waals surface area contributed by atoms with Crippen LogP contribution in [0.2, 0.25) is 0 Å². The first-order valence-corrected chi connectivity index (χ1v) is 7.43. The molecule has 1 aliphatic carbocycles. The molecule has 2 fully saturated rings. The smallest absolute Gasteiger partial charge is 0.410 e. The molecule has 114 valence electrons. The van der Waals surface area contributed by atoms with Gasteiger partial charge in [0.2, 0.25) is 0 Å². The van der Waals surface area contributed by atoms with Crippen molar-refractivity contribution >= 4 is 12.1 Å². The number of piperidine rings is 1. The standard InChI is InChI=1S/C15H25NO4/c1-14(2,3)20-13(19)16-8-4-7-15(10-16,12(17)18)9-11-5-6-11/h11H,4-10H2,1-3H3,(H,17,18)/t15-/m1/s1. The Bertz CT molecular complexity index is 397. The molecule has 1 saturated carbocycles. The van der Waals surface area contributed by atoms with Crippen LogP contribution in [0, 0.1) is 11.3 Å². The number of aliphatic carboxylic acids is 1. The molecule has 0 aromatic carbocycles. The van der Waals surface area contributed by atoms with E-state index in [1.165, 1.54) is 0 Å². The summed E-state index contributed by atoms with van der Waals surface area (Å²) in [5.74, 6) is -0.234. The van der Waals surface area contributed by atoms with Gasteiger partial charge in [0.15, 0.2) is 0 Å². The van der Waals surface area contributed by atoms with Crippen molar-refractivity contribution in [2.24, 2.45) is 11.3 Å². The van der Waals surface area contributed by atoms with Crippen LogP contribution in [-0.2, 0) is 9.53 Å². The summed E-state index contributed by atoms with van der Waals surface area (Å²) >= 11 is 0. The number of nitrogens with zero attached hydrogens (tertiary/aromatic N) is 1. The van der Waals surface area contributed by atoms with Crippen LogP contribution in [0.4, 0.5) is 4.79 Å². The molecule has 1 heterocycles. The lowest BCUT2D eigenvalue weighted by Gasteiger charge is -2.40. The van der Waals surface area contributed by atoms with Gasteiger partial charge in [-0.3, -0.25) is 4.79 Å². The van der Waals surface area contributed by atoms with Crippen LogP contribution < -0.4 is 0 Å². The molecule has 0 bridgehead atoms. The number of rotatable bonds is 3. The number of amides is 1. The van der Waals surface area contributed by atoms with Crippen LogP contribution >= 0.6 is 0 Å². The fourth-order valence-corrected chi connectivity index (χ4v) is 2.92. The Labute approximate surface area is 120 Å². The Balaban J connectivity index is 2.05. The zero-order valence-electron chi connectivity index (χ0n) is 12.6. The summed E-state index contributed by atoms with van der Waals surface area (Å²) in [4.78, 5) is 25.4. The summed E-state index contributed by atoms with van der Waals surface area (Å²) in [5, 5.41) is 9.62. The molecule has 2 aliphatic rings. The fourth-order valence-electron chi connectivity index (χ4n) is 2.92. The Morgan fingerprint density at radius 3 is 2.50 bits per heavy atom. The van der Waals surface area contributed by atoms with Crippen molar-refractivity contribution in [3.05, 3.63) is 0 Å². The maximum absolute atomic E-state index is 12.1. The van der Waals surface area contributed by atoms with Crippen LogP contribution in [-0.4, -0.2) is 40.8 Å². The highest BCUT2D eigenvalue weighted by molar-refractivity contribution is 5.77. The van der Waals surface area contributed by atoms with Crippen molar-refractivity contribution < 1.29 is 19.4 Å². The van der Waals surface area contributed by atoms with Crippen molar-refractivity contribution in [1.82, 2.24) is 4.90 Å². The number of carboxylic acids is 1. The minimum absolute atomic E-state index is 0.285. The minimum Gasteiger partial charge on any atom is -0.481 e. The van der Waals surface area contributed by atoms with Gasteiger partial charge in [-0.25, -0.2) is 4.79 Å². The molecule has 1 N–H and O–H groups in total. The third-order valence-electron chi connectivity index (χ3n) is 4.06. The zero-order chi connectivity index (χ0) is 15.0. The highest BCUT2D eigenvalue weighted by Gasteiger charge is 2.47. The molecule has 1 amide bonds. The van der Waals surface area contributed by atoms with Crippen LogP contribution in [0.3, 0.4) is 0 Å². The summed E-state index contributed by atoms with van der Waals surface area (Å²) in [6.45, 7) is 6.35. The maximum Gasteiger partial charge on any atom is 0.410 e. The summed E-state index contributed by atoms with van der Waals surface area (Å²) in [6, 6.07) is 0. The van der Waals surface area contributed by atoms with Crippen molar-refractivity contribution in [3.8, 4) is 0 Å². The number of likely N-dealkylation sites (tertiary alicyclic amines) is 1. The van der Waals surface area contributed by atoms with E-state index in [0.717, 1.165) is 19.3 Å². The highest BCUT2D eigenvalue weighted by Crippen LogP contribution is 2.45. The molecule has 5 heteroatoms. The van der Waals surface area contributed by atoms with E-state index < -0.39 is 23.1 Å². The average molecular weight is 283 g/mol. The van der Waals surface area contributed by atoms with Crippen LogP contribution in [0.15, 0.2) is 0 Å². The summed E-state index contributed by atoms with van der Waals surface area (Å²) in [6.07, 6.45) is 3.96. The second-order valence-electron chi connectivity index (χ2n) is 7.24. The molecule has 0 spiro atoms. The molecule has 0 radical (unpaired) electrons. The lowest BCUT2D eigenvalue weighted by Crippen LogP contribution is -2.51. The highest BCUT2D eigenvalue weighted by atomic mass is 16.6. The fraction of sp³-hybridized carbons (Fsp3) is 0.867. The molecule has 2 rings (SSSR count). The number of carbonyl (C=O) groups excluding carboxylic acids is 1. The molecular weight excluding hydrogens is 258 g/mol. The van der Waals surface area contributed by atoms with Gasteiger partial charge in [-0.15, -0.1) is 0 Å². The second kappa shape index (κ2) is 5.26. The molecule has 0 aromatic heterocycles. The SMILES string of the molecule is CC(C)(C)OC(=O)N1CCC[C@](CC2CC2)(C(=O)O)C1. The number of hydrogen-bond donors (Lipinski definition) is 1. The van der Waals surface area contributed by atoms with Crippen molar-refractivity contribution in [1.29, 1.82) is 0 Å². The normalized spacial score (nSPS) is 27.2. The first kappa shape index (κ1) is 15.1. The number of carboxylic acid groups (broad SMARTS) is 1. The van der Waals surface area contributed by atoms with Crippen LogP contribution in [0.1, 0.15) is 52.9 Å². The van der Waals surface area contributed by atoms with Gasteiger partial charge in [0.1, 0.15) is 5.60 Å². The Morgan fingerprint density at radius 2 is 2.00 bits per heavy atom. The maximum atomic E-state index is 12.1. The molecule has 1 saturated heterocycles. The molecular formula is C15H25NO4. The predicted molar refractivity (Wildman–Crippen MR) is 74.5 cm³/mol. The third-order valence-corrected chi connectivity index (χ3v) is 4.06. The van der Waals surface area contributed by atoms with Crippen LogP contribution in [0.5, 0.6) is 0 Å². The average Bonchev–Trinajstić information content (AvgIpc) is 3.10. The summed E-state index contributed by atoms with van der Waals surface area (Å²) in [7, 11) is 0. The van der Waals surface area contributed by atoms with Gasteiger partial charge in [0, 0.05) is 13.1 Å². The first-order valence-electron chi connectivity index (χ1n) is 7.43. The van der Waals surface area contributed by atoms with E-state index in [0.29, 0.717) is 25.3 Å². The Hall–Kier alpha value is -1.26. The molecule has 1 aliphatic heterocycles. The van der Waals surface area contributed by atoms with Gasteiger partial charge in [0.05, 0.1) is 5.41 Å². The largest absolute Gasteiger partial charge is 0.481 e. The van der Waals surface area contributed by atoms with E-state index in [-0.39, 0.29) is 6.54 Å². The summed E-state index contributed by atoms with van der Waals surface area (Å²) < 4.78 is 5.36. The quantitative estimate of drug-likeness (QED) is 0.864. The zero-order valence-corrected chi connectivity index (χ0v) is 12.6. The lowest BCUT2D eigenvalue weighted by molar-refractivity contribution is -0.153. The number of hydrogen-bond acceptors (Lipinski definition) is 3. The van der Waals surface area contributed by atoms with E-state index in [9.17, 15) is 14.7 Å². The predicted octanol–water partition coefficient (Wildman–Crippen LogP) is 2.89. The van der Waals surface area contributed by atoms with E-state index in [1.807, 2.05) is 20.8 Å². The third kappa shape index (κ3) is 3.64. The van der Waals surface area contributed by atoms with Crippen molar-refractivity contribution in [2.45, 2.75) is 58.5 Å². The van der Waals surface area contributed by atoms with Gasteiger partial charge >= 0.3 is 12.1 Å². The second-order valence-corrected chi connectivity index (χ2v) is 7.24. The van der Waals surface area contributed by atoms with E-state index in [1.54, 1.807) is 4.90 Å². The Kier molecular flexibility index (Phi) is 3.98. The van der Waals surface area contributed by atoms with E-state index in [4.69, 9.17) is 4.74 Å². The van der Waals surface area contributed by atoms with Crippen molar-refractivity contribution in [3.63, 3.8) is 0 Å². The van der Waals surface area contributed by atoms with Crippen molar-refractivity contribution in [2.75, 3.05) is 13.1 Å². The number of carbonyl (C=O) groups is 2.